The summed E-state index contributed by atoms with van der Waals surface area (Å²) in [5.74, 6) is -1.74. The standard InChI is InChI=1S/C22H24N4O5/c1-31-21(30)16-8-9-17-18(13-16)26(11-4-2-3-10-23)22(24-17)25-19(27)14-6-5-7-15(12-14)20(28)29/h5-9,12-13H,2-4,10-11,23H2,1H3,(H,28,29)(H,24,25,27). The Hall–Kier alpha value is -3.72. The van der Waals surface area contributed by atoms with E-state index < -0.39 is 17.8 Å². The van der Waals surface area contributed by atoms with E-state index in [0.717, 1.165) is 19.3 Å². The number of aryl methyl sites for hydroxylation is 1. The largest absolute Gasteiger partial charge is 0.478 e. The topological polar surface area (TPSA) is 137 Å². The predicted octanol–water partition coefficient (Wildman–Crippen LogP) is 2.90. The number of rotatable bonds is 9. The molecule has 3 rings (SSSR count). The van der Waals surface area contributed by atoms with Crippen LogP contribution in [0.4, 0.5) is 5.95 Å². The summed E-state index contributed by atoms with van der Waals surface area (Å²) in [7, 11) is 1.31. The maximum absolute atomic E-state index is 12.8. The Morgan fingerprint density at radius 3 is 2.55 bits per heavy atom. The van der Waals surface area contributed by atoms with Gasteiger partial charge in [-0.05, 0) is 55.8 Å². The summed E-state index contributed by atoms with van der Waals surface area (Å²) in [4.78, 5) is 40.4. The number of hydrogen-bond donors (Lipinski definition) is 3. The van der Waals surface area contributed by atoms with E-state index in [1.165, 1.54) is 31.4 Å². The number of carbonyl (C=O) groups is 3. The van der Waals surface area contributed by atoms with Crippen molar-refractivity contribution in [3.63, 3.8) is 0 Å². The predicted molar refractivity (Wildman–Crippen MR) is 115 cm³/mol. The number of esters is 1. The first-order valence-electron chi connectivity index (χ1n) is 9.88. The number of ether oxygens (including phenoxy) is 1. The number of methoxy groups -OCH3 is 1. The van der Waals surface area contributed by atoms with Gasteiger partial charge in [0.2, 0.25) is 5.95 Å². The second kappa shape index (κ2) is 9.86. The van der Waals surface area contributed by atoms with Crippen molar-refractivity contribution >= 4 is 34.8 Å². The fourth-order valence-corrected chi connectivity index (χ4v) is 3.25. The molecule has 0 unspecified atom stereocenters. The molecule has 31 heavy (non-hydrogen) atoms. The Bertz CT molecular complexity index is 1120. The fraction of sp³-hybridized carbons (Fsp3) is 0.273. The van der Waals surface area contributed by atoms with Crippen LogP contribution < -0.4 is 11.1 Å². The monoisotopic (exact) mass is 424 g/mol. The van der Waals surface area contributed by atoms with Crippen LogP contribution in [0.5, 0.6) is 0 Å². The molecule has 1 aromatic heterocycles. The molecule has 0 fully saturated rings. The first-order valence-corrected chi connectivity index (χ1v) is 9.88. The number of carbonyl (C=O) groups excluding carboxylic acids is 2. The molecule has 4 N–H and O–H groups in total. The minimum absolute atomic E-state index is 0.0191. The van der Waals surface area contributed by atoms with Crippen LogP contribution in [0.25, 0.3) is 11.0 Å². The van der Waals surface area contributed by atoms with Crippen molar-refractivity contribution in [2.75, 3.05) is 19.0 Å². The van der Waals surface area contributed by atoms with E-state index in [4.69, 9.17) is 15.6 Å². The number of imidazole rings is 1. The molecule has 1 heterocycles. The zero-order chi connectivity index (χ0) is 22.4. The third kappa shape index (κ3) is 5.07. The molecule has 0 aliphatic heterocycles. The molecule has 0 atom stereocenters. The number of unbranched alkanes of at least 4 members (excludes halogenated alkanes) is 2. The summed E-state index contributed by atoms with van der Waals surface area (Å²) in [6.45, 7) is 1.16. The lowest BCUT2D eigenvalue weighted by molar-refractivity contribution is 0.0599. The second-order valence-electron chi connectivity index (χ2n) is 6.97. The Morgan fingerprint density at radius 2 is 1.84 bits per heavy atom. The molecule has 0 spiro atoms. The normalized spacial score (nSPS) is 10.8. The lowest BCUT2D eigenvalue weighted by atomic mass is 10.1. The molecular formula is C22H24N4O5. The van der Waals surface area contributed by atoms with E-state index in [9.17, 15) is 14.4 Å². The number of hydrogen-bond acceptors (Lipinski definition) is 6. The number of nitrogens with two attached hydrogens (primary N) is 1. The van der Waals surface area contributed by atoms with E-state index in [-0.39, 0.29) is 11.1 Å². The molecule has 9 nitrogen and oxygen atoms in total. The summed E-state index contributed by atoms with van der Waals surface area (Å²) in [6.07, 6.45) is 2.59. The lowest BCUT2D eigenvalue weighted by Crippen LogP contribution is -2.17. The van der Waals surface area contributed by atoms with Gasteiger partial charge in [0.15, 0.2) is 0 Å². The SMILES string of the molecule is COC(=O)c1ccc2nc(NC(=O)c3cccc(C(=O)O)c3)n(CCCCCN)c2c1. The zero-order valence-electron chi connectivity index (χ0n) is 17.1. The highest BCUT2D eigenvalue weighted by Crippen LogP contribution is 2.23. The van der Waals surface area contributed by atoms with E-state index in [0.29, 0.717) is 35.6 Å². The van der Waals surface area contributed by atoms with Gasteiger partial charge in [0, 0.05) is 12.1 Å². The Balaban J connectivity index is 1.95. The summed E-state index contributed by atoms with van der Waals surface area (Å²) < 4.78 is 6.63. The van der Waals surface area contributed by atoms with Gasteiger partial charge in [-0.3, -0.25) is 10.1 Å². The van der Waals surface area contributed by atoms with Crippen LogP contribution in [0.2, 0.25) is 0 Å². The number of carboxylic acids is 1. The quantitative estimate of drug-likeness (QED) is 0.355. The van der Waals surface area contributed by atoms with Crippen molar-refractivity contribution in [3.05, 3.63) is 59.2 Å². The van der Waals surface area contributed by atoms with E-state index in [2.05, 4.69) is 10.3 Å². The highest BCUT2D eigenvalue weighted by Gasteiger charge is 2.17. The van der Waals surface area contributed by atoms with E-state index in [1.807, 2.05) is 4.57 Å². The van der Waals surface area contributed by atoms with Gasteiger partial charge in [-0.15, -0.1) is 0 Å². The molecular weight excluding hydrogens is 400 g/mol. The smallest absolute Gasteiger partial charge is 0.337 e. The van der Waals surface area contributed by atoms with Gasteiger partial charge < -0.3 is 20.1 Å². The van der Waals surface area contributed by atoms with Gasteiger partial charge in [0.25, 0.3) is 5.91 Å². The van der Waals surface area contributed by atoms with Gasteiger partial charge >= 0.3 is 11.9 Å². The van der Waals surface area contributed by atoms with Crippen molar-refractivity contribution in [2.24, 2.45) is 5.73 Å². The molecule has 0 bridgehead atoms. The van der Waals surface area contributed by atoms with Crippen LogP contribution in [0.15, 0.2) is 42.5 Å². The van der Waals surface area contributed by atoms with Crippen molar-refractivity contribution < 1.29 is 24.2 Å². The molecule has 0 saturated carbocycles. The number of anilines is 1. The zero-order valence-corrected chi connectivity index (χ0v) is 17.1. The molecule has 1 amide bonds. The summed E-state index contributed by atoms with van der Waals surface area (Å²) in [6, 6.07) is 10.8. The minimum atomic E-state index is -1.11. The average Bonchev–Trinajstić information content (AvgIpc) is 3.12. The van der Waals surface area contributed by atoms with E-state index >= 15 is 0 Å². The van der Waals surface area contributed by atoms with Crippen molar-refractivity contribution in [1.29, 1.82) is 0 Å². The molecule has 9 heteroatoms. The first kappa shape index (κ1) is 22.0. The maximum Gasteiger partial charge on any atom is 0.337 e. The number of carboxylic acid groups (broad SMARTS) is 1. The van der Waals surface area contributed by atoms with Crippen LogP contribution in [-0.4, -0.2) is 46.2 Å². The summed E-state index contributed by atoms with van der Waals surface area (Å²) in [5, 5.41) is 11.9. The molecule has 2 aromatic carbocycles. The number of nitrogens with zero attached hydrogens (tertiary/aromatic N) is 2. The van der Waals surface area contributed by atoms with Gasteiger partial charge in [-0.25, -0.2) is 14.6 Å². The van der Waals surface area contributed by atoms with E-state index in [1.54, 1.807) is 18.2 Å². The third-order valence-corrected chi connectivity index (χ3v) is 4.85. The van der Waals surface area contributed by atoms with Crippen LogP contribution in [0.1, 0.15) is 50.3 Å². The van der Waals surface area contributed by atoms with Crippen LogP contribution in [0, 0.1) is 0 Å². The van der Waals surface area contributed by atoms with Crippen LogP contribution in [-0.2, 0) is 11.3 Å². The number of benzene rings is 2. The Morgan fingerprint density at radius 1 is 1.06 bits per heavy atom. The van der Waals surface area contributed by atoms with Gasteiger partial charge in [0.1, 0.15) is 0 Å². The number of nitrogens with one attached hydrogen (secondary N) is 1. The molecule has 0 radical (unpaired) electrons. The average molecular weight is 424 g/mol. The van der Waals surface area contributed by atoms with Crippen LogP contribution >= 0.6 is 0 Å². The van der Waals surface area contributed by atoms with Gasteiger partial charge in [0.05, 0.1) is 29.3 Å². The Kier molecular flexibility index (Phi) is 6.99. The molecule has 162 valence electrons. The second-order valence-corrected chi connectivity index (χ2v) is 6.97. The maximum atomic E-state index is 12.8. The highest BCUT2D eigenvalue weighted by molar-refractivity contribution is 6.05. The molecule has 0 aliphatic carbocycles. The number of fused-ring (bicyclic) bond motifs is 1. The van der Waals surface area contributed by atoms with Gasteiger partial charge in [-0.1, -0.05) is 12.5 Å². The summed E-state index contributed by atoms with van der Waals surface area (Å²) >= 11 is 0. The first-order chi connectivity index (χ1) is 14.9. The van der Waals surface area contributed by atoms with Gasteiger partial charge in [-0.2, -0.15) is 0 Å². The van der Waals surface area contributed by atoms with Crippen molar-refractivity contribution in [2.45, 2.75) is 25.8 Å². The minimum Gasteiger partial charge on any atom is -0.478 e. The molecule has 0 aliphatic rings. The Labute approximate surface area is 178 Å². The van der Waals surface area contributed by atoms with Crippen molar-refractivity contribution in [3.8, 4) is 0 Å². The number of aromatic nitrogens is 2. The molecule has 0 saturated heterocycles. The highest BCUT2D eigenvalue weighted by atomic mass is 16.5. The summed E-state index contributed by atoms with van der Waals surface area (Å²) in [5.41, 5.74) is 7.47. The fourth-order valence-electron chi connectivity index (χ4n) is 3.25. The van der Waals surface area contributed by atoms with Crippen LogP contribution in [0.3, 0.4) is 0 Å². The molecule has 3 aromatic rings. The van der Waals surface area contributed by atoms with Crippen molar-refractivity contribution in [1.82, 2.24) is 9.55 Å². The number of aromatic carboxylic acids is 1. The lowest BCUT2D eigenvalue weighted by Gasteiger charge is -2.11. The third-order valence-electron chi connectivity index (χ3n) is 4.85. The number of amides is 1.